The van der Waals surface area contributed by atoms with Crippen molar-refractivity contribution in [3.63, 3.8) is 0 Å². The van der Waals surface area contributed by atoms with Crippen molar-refractivity contribution in [1.82, 2.24) is 9.03 Å². The van der Waals surface area contributed by atoms with Crippen LogP contribution in [-0.2, 0) is 20.0 Å². The van der Waals surface area contributed by atoms with E-state index in [1.807, 2.05) is 0 Å². The van der Waals surface area contributed by atoms with Gasteiger partial charge in [-0.3, -0.25) is 0 Å². The minimum absolute atomic E-state index is 0.0339. The lowest BCUT2D eigenvalue weighted by Crippen LogP contribution is -2.48. The predicted molar refractivity (Wildman–Crippen MR) is 94.2 cm³/mol. The highest BCUT2D eigenvalue weighted by Crippen LogP contribution is 2.24. The van der Waals surface area contributed by atoms with Crippen LogP contribution in [0.4, 0.5) is 0 Å². The lowest BCUT2D eigenvalue weighted by molar-refractivity contribution is 0.254. The number of nitrogens with zero attached hydrogens (tertiary/aromatic N) is 1. The van der Waals surface area contributed by atoms with Crippen LogP contribution in [0.1, 0.15) is 26.3 Å². The molecule has 0 radical (unpaired) electrons. The Kier molecular flexibility index (Phi) is 6.43. The Hall–Kier alpha value is -1.16. The van der Waals surface area contributed by atoms with Gasteiger partial charge in [-0.25, -0.2) is 21.6 Å². The van der Waals surface area contributed by atoms with Gasteiger partial charge in [0.25, 0.3) is 0 Å². The highest BCUT2D eigenvalue weighted by molar-refractivity contribution is 7.89. The number of aryl methyl sites for hydroxylation is 1. The molecule has 0 fully saturated rings. The van der Waals surface area contributed by atoms with Gasteiger partial charge >= 0.3 is 0 Å². The van der Waals surface area contributed by atoms with Gasteiger partial charge in [0.1, 0.15) is 10.6 Å². The largest absolute Gasteiger partial charge is 0.495 e. The summed E-state index contributed by atoms with van der Waals surface area (Å²) in [6.07, 6.45) is 1.11. The van der Waals surface area contributed by atoms with Crippen LogP contribution in [0.15, 0.2) is 23.1 Å². The monoisotopic (exact) mass is 378 g/mol. The highest BCUT2D eigenvalue weighted by atomic mass is 32.2. The van der Waals surface area contributed by atoms with E-state index in [-0.39, 0.29) is 23.7 Å². The fourth-order valence-corrected chi connectivity index (χ4v) is 5.04. The number of rotatable bonds is 7. The summed E-state index contributed by atoms with van der Waals surface area (Å²) in [4.78, 5) is 0.0339. The summed E-state index contributed by atoms with van der Waals surface area (Å²) in [6.45, 7) is 7.05. The Labute approximate surface area is 145 Å². The smallest absolute Gasteiger partial charge is 0.244 e. The van der Waals surface area contributed by atoms with Crippen LogP contribution in [-0.4, -0.2) is 53.1 Å². The summed E-state index contributed by atoms with van der Waals surface area (Å²) in [5.74, 6) is 0.240. The van der Waals surface area contributed by atoms with Gasteiger partial charge < -0.3 is 4.74 Å². The molecule has 9 heteroatoms. The maximum Gasteiger partial charge on any atom is 0.244 e. The minimum atomic E-state index is -3.81. The molecule has 1 aromatic carbocycles. The van der Waals surface area contributed by atoms with Gasteiger partial charge in [-0.15, -0.1) is 0 Å². The van der Waals surface area contributed by atoms with Crippen molar-refractivity contribution < 1.29 is 21.6 Å². The average molecular weight is 379 g/mol. The van der Waals surface area contributed by atoms with Crippen molar-refractivity contribution in [3.05, 3.63) is 23.8 Å². The third-order valence-electron chi connectivity index (χ3n) is 3.36. The third kappa shape index (κ3) is 5.44. The van der Waals surface area contributed by atoms with E-state index in [1.54, 1.807) is 39.8 Å². The number of hydrogen-bond donors (Lipinski definition) is 1. The summed E-state index contributed by atoms with van der Waals surface area (Å²) < 4.78 is 57.5. The molecule has 0 saturated heterocycles. The zero-order valence-corrected chi connectivity index (χ0v) is 16.6. The molecule has 0 aliphatic rings. The standard InChI is InChI=1S/C15H26N2O5S2/c1-12-7-8-13(22-5)14(11-12)24(20,21)16-9-10-17(15(2,3)4)23(6,18)19/h7-8,11,16H,9-10H2,1-6H3. The second-order valence-electron chi connectivity index (χ2n) is 6.56. The molecular formula is C15H26N2O5S2. The molecule has 24 heavy (non-hydrogen) atoms. The molecule has 138 valence electrons. The first-order valence-corrected chi connectivity index (χ1v) is 10.7. The summed E-state index contributed by atoms with van der Waals surface area (Å²) >= 11 is 0. The number of benzene rings is 1. The number of ether oxygens (including phenoxy) is 1. The fourth-order valence-electron chi connectivity index (χ4n) is 2.35. The Morgan fingerprint density at radius 3 is 2.21 bits per heavy atom. The van der Waals surface area contributed by atoms with E-state index in [9.17, 15) is 16.8 Å². The zero-order valence-electron chi connectivity index (χ0n) is 15.0. The molecule has 0 aliphatic carbocycles. The summed E-state index contributed by atoms with van der Waals surface area (Å²) in [6, 6.07) is 4.85. The molecule has 0 atom stereocenters. The van der Waals surface area contributed by atoms with E-state index in [2.05, 4.69) is 4.72 Å². The van der Waals surface area contributed by atoms with Crippen LogP contribution < -0.4 is 9.46 Å². The average Bonchev–Trinajstić information content (AvgIpc) is 2.40. The lowest BCUT2D eigenvalue weighted by atomic mass is 10.1. The Balaban J connectivity index is 2.96. The molecular weight excluding hydrogens is 352 g/mol. The number of hydrogen-bond acceptors (Lipinski definition) is 5. The number of methoxy groups -OCH3 is 1. The van der Waals surface area contributed by atoms with E-state index >= 15 is 0 Å². The minimum Gasteiger partial charge on any atom is -0.495 e. The van der Waals surface area contributed by atoms with Crippen molar-refractivity contribution in [3.8, 4) is 5.75 Å². The Morgan fingerprint density at radius 1 is 1.17 bits per heavy atom. The third-order valence-corrected chi connectivity index (χ3v) is 6.38. The van der Waals surface area contributed by atoms with Gasteiger partial charge in [-0.1, -0.05) is 6.07 Å². The molecule has 7 nitrogen and oxygen atoms in total. The quantitative estimate of drug-likeness (QED) is 0.773. The topological polar surface area (TPSA) is 92.8 Å². The van der Waals surface area contributed by atoms with Crippen molar-refractivity contribution in [2.24, 2.45) is 0 Å². The molecule has 0 unspecified atom stereocenters. The van der Waals surface area contributed by atoms with Crippen molar-refractivity contribution in [2.45, 2.75) is 38.1 Å². The summed E-state index contributed by atoms with van der Waals surface area (Å²) in [5, 5.41) is 0. The van der Waals surface area contributed by atoms with Crippen LogP contribution in [0, 0.1) is 6.92 Å². The zero-order chi connectivity index (χ0) is 18.8. The maximum atomic E-state index is 12.5. The molecule has 1 rings (SSSR count). The maximum absolute atomic E-state index is 12.5. The molecule has 1 N–H and O–H groups in total. The van der Waals surface area contributed by atoms with Crippen molar-refractivity contribution in [2.75, 3.05) is 26.5 Å². The van der Waals surface area contributed by atoms with Crippen molar-refractivity contribution >= 4 is 20.0 Å². The molecule has 0 aliphatic heterocycles. The molecule has 0 aromatic heterocycles. The first-order valence-electron chi connectivity index (χ1n) is 7.41. The van der Waals surface area contributed by atoms with Crippen LogP contribution in [0.2, 0.25) is 0 Å². The van der Waals surface area contributed by atoms with Gasteiger partial charge in [-0.2, -0.15) is 4.31 Å². The molecule has 1 aromatic rings. The van der Waals surface area contributed by atoms with Crippen LogP contribution in [0.5, 0.6) is 5.75 Å². The van der Waals surface area contributed by atoms with Gasteiger partial charge in [0.2, 0.25) is 20.0 Å². The number of nitrogens with one attached hydrogen (secondary N) is 1. The molecule has 0 saturated carbocycles. The van der Waals surface area contributed by atoms with Crippen LogP contribution in [0.3, 0.4) is 0 Å². The first kappa shape index (κ1) is 20.9. The molecule has 0 spiro atoms. The second kappa shape index (κ2) is 7.38. The highest BCUT2D eigenvalue weighted by Gasteiger charge is 2.29. The number of sulfonamides is 2. The molecule has 0 bridgehead atoms. The Morgan fingerprint density at radius 2 is 1.75 bits per heavy atom. The Bertz CT molecular complexity index is 781. The van der Waals surface area contributed by atoms with E-state index in [1.165, 1.54) is 17.5 Å². The van der Waals surface area contributed by atoms with Gasteiger partial charge in [0.05, 0.1) is 13.4 Å². The normalized spacial score (nSPS) is 13.3. The van der Waals surface area contributed by atoms with E-state index in [0.29, 0.717) is 0 Å². The SMILES string of the molecule is COc1ccc(C)cc1S(=O)(=O)NCCN(C(C)(C)C)S(C)(=O)=O. The van der Waals surface area contributed by atoms with E-state index in [0.717, 1.165) is 11.8 Å². The van der Waals surface area contributed by atoms with E-state index in [4.69, 9.17) is 4.74 Å². The molecule has 0 amide bonds. The van der Waals surface area contributed by atoms with Crippen molar-refractivity contribution in [1.29, 1.82) is 0 Å². The van der Waals surface area contributed by atoms with Crippen LogP contribution >= 0.6 is 0 Å². The predicted octanol–water partition coefficient (Wildman–Crippen LogP) is 1.34. The van der Waals surface area contributed by atoms with Gasteiger partial charge in [-0.05, 0) is 45.4 Å². The van der Waals surface area contributed by atoms with Crippen LogP contribution in [0.25, 0.3) is 0 Å². The molecule has 0 heterocycles. The first-order chi connectivity index (χ1) is 10.8. The van der Waals surface area contributed by atoms with Gasteiger partial charge in [0.15, 0.2) is 0 Å². The summed E-state index contributed by atoms with van der Waals surface area (Å²) in [5.41, 5.74) is 0.142. The second-order valence-corrected chi connectivity index (χ2v) is 10.2. The van der Waals surface area contributed by atoms with E-state index < -0.39 is 25.6 Å². The lowest BCUT2D eigenvalue weighted by Gasteiger charge is -2.33. The summed E-state index contributed by atoms with van der Waals surface area (Å²) in [7, 11) is -5.86. The van der Waals surface area contributed by atoms with Gasteiger partial charge in [0, 0.05) is 18.6 Å². The fraction of sp³-hybridized carbons (Fsp3) is 0.600.